The Labute approximate surface area is 140 Å². The number of amidine groups is 1. The van der Waals surface area contributed by atoms with Gasteiger partial charge in [0.25, 0.3) is 0 Å². The highest BCUT2D eigenvalue weighted by Crippen LogP contribution is 2.06. The van der Waals surface area contributed by atoms with Gasteiger partial charge in [-0.05, 0) is 38.3 Å². The number of unbranched alkanes of at least 4 members (excludes halogenated alkanes) is 1. The van der Waals surface area contributed by atoms with Crippen molar-refractivity contribution in [3.05, 3.63) is 35.9 Å². The highest BCUT2D eigenvalue weighted by molar-refractivity contribution is 5.89. The molecular formula is C16H23N3O5. The Hall–Kier alpha value is -2.61. The number of hydrogen-bond donors (Lipinski definition) is 3. The molecule has 1 aromatic rings. The highest BCUT2D eigenvalue weighted by atomic mass is 16.5. The summed E-state index contributed by atoms with van der Waals surface area (Å²) in [5.74, 6) is -1.20. The zero-order valence-corrected chi connectivity index (χ0v) is 13.6. The summed E-state index contributed by atoms with van der Waals surface area (Å²) in [5.41, 5.74) is 5.87. The largest absolute Gasteiger partial charge is 0.480 e. The maximum absolute atomic E-state index is 11.9. The molecule has 1 aromatic carbocycles. The van der Waals surface area contributed by atoms with Gasteiger partial charge in [-0.2, -0.15) is 0 Å². The fourth-order valence-corrected chi connectivity index (χ4v) is 1.97. The fourth-order valence-electron chi connectivity index (χ4n) is 1.97. The Balaban J connectivity index is 2.45. The van der Waals surface area contributed by atoms with Gasteiger partial charge in [-0.1, -0.05) is 23.4 Å². The molecule has 1 unspecified atom stereocenters. The molecule has 1 atom stereocenters. The lowest BCUT2D eigenvalue weighted by atomic mass is 10.1. The highest BCUT2D eigenvalue weighted by Gasteiger charge is 2.14. The summed E-state index contributed by atoms with van der Waals surface area (Å²) in [5, 5.41) is 20.8. The first-order chi connectivity index (χ1) is 11.5. The number of ether oxygens (including phenoxy) is 1. The van der Waals surface area contributed by atoms with E-state index in [1.807, 2.05) is 0 Å². The molecule has 0 aliphatic rings. The van der Waals surface area contributed by atoms with E-state index in [-0.39, 0.29) is 6.73 Å². The lowest BCUT2D eigenvalue weighted by molar-refractivity contribution is -0.138. The Bertz CT molecular complexity index is 562. The van der Waals surface area contributed by atoms with Crippen molar-refractivity contribution in [2.45, 2.75) is 32.2 Å². The summed E-state index contributed by atoms with van der Waals surface area (Å²) in [6.07, 6.45) is 1.56. The van der Waals surface area contributed by atoms with Crippen molar-refractivity contribution in [2.75, 3.05) is 13.3 Å². The van der Waals surface area contributed by atoms with Crippen LogP contribution in [0.25, 0.3) is 0 Å². The van der Waals surface area contributed by atoms with E-state index in [1.54, 1.807) is 42.2 Å². The van der Waals surface area contributed by atoms with Gasteiger partial charge < -0.3 is 25.7 Å². The van der Waals surface area contributed by atoms with Crippen LogP contribution in [0.2, 0.25) is 0 Å². The molecular weight excluding hydrogens is 314 g/mol. The van der Waals surface area contributed by atoms with E-state index >= 15 is 0 Å². The van der Waals surface area contributed by atoms with Gasteiger partial charge in [0.2, 0.25) is 0 Å². The average molecular weight is 337 g/mol. The van der Waals surface area contributed by atoms with Crippen LogP contribution in [-0.2, 0) is 9.53 Å². The number of oxime groups is 1. The van der Waals surface area contributed by atoms with Crippen LogP contribution in [0.4, 0.5) is 0 Å². The van der Waals surface area contributed by atoms with E-state index in [9.17, 15) is 9.59 Å². The quantitative estimate of drug-likeness (QED) is 0.119. The van der Waals surface area contributed by atoms with E-state index in [4.69, 9.17) is 20.8 Å². The summed E-state index contributed by atoms with van der Waals surface area (Å²) in [7, 11) is 0. The number of benzene rings is 1. The zero-order valence-electron chi connectivity index (χ0n) is 13.6. The first-order valence-corrected chi connectivity index (χ1v) is 7.60. The average Bonchev–Trinajstić information content (AvgIpc) is 2.60. The third kappa shape index (κ3) is 6.66. The SMILES string of the molecule is CC(=NO)N(CCCCC(N)C(=O)O)COC(=O)c1ccccc1. The van der Waals surface area contributed by atoms with Gasteiger partial charge in [-0.15, -0.1) is 0 Å². The number of nitrogens with zero attached hydrogens (tertiary/aromatic N) is 2. The predicted molar refractivity (Wildman–Crippen MR) is 87.8 cm³/mol. The Morgan fingerprint density at radius 3 is 2.54 bits per heavy atom. The maximum Gasteiger partial charge on any atom is 0.339 e. The molecule has 0 saturated carbocycles. The molecule has 0 spiro atoms. The third-order valence-electron chi connectivity index (χ3n) is 3.47. The maximum atomic E-state index is 11.9. The number of carboxylic acids is 1. The van der Waals surface area contributed by atoms with Crippen molar-refractivity contribution in [3.63, 3.8) is 0 Å². The van der Waals surface area contributed by atoms with Crippen LogP contribution in [0.3, 0.4) is 0 Å². The van der Waals surface area contributed by atoms with Crippen molar-refractivity contribution in [2.24, 2.45) is 10.9 Å². The zero-order chi connectivity index (χ0) is 17.9. The van der Waals surface area contributed by atoms with E-state index < -0.39 is 18.0 Å². The monoisotopic (exact) mass is 337 g/mol. The third-order valence-corrected chi connectivity index (χ3v) is 3.47. The number of rotatable bonds is 9. The van der Waals surface area contributed by atoms with Crippen molar-refractivity contribution < 1.29 is 24.6 Å². The molecule has 8 heteroatoms. The van der Waals surface area contributed by atoms with Crippen LogP contribution >= 0.6 is 0 Å². The van der Waals surface area contributed by atoms with Crippen LogP contribution in [0.5, 0.6) is 0 Å². The standard InChI is InChI=1S/C16H23N3O5/c1-12(18-23)19(10-6-5-9-14(17)15(20)21)11-24-16(22)13-7-3-2-4-8-13/h2-4,7-8,14,23H,5-6,9-11,17H2,1H3,(H,20,21). The first kappa shape index (κ1) is 19.4. The predicted octanol–water partition coefficient (Wildman–Crippen LogP) is 1.49. The molecule has 0 aromatic heterocycles. The molecule has 132 valence electrons. The molecule has 0 radical (unpaired) electrons. The number of aliphatic carboxylic acids is 1. The lowest BCUT2D eigenvalue weighted by Gasteiger charge is -2.22. The molecule has 24 heavy (non-hydrogen) atoms. The van der Waals surface area contributed by atoms with Gasteiger partial charge in [0.15, 0.2) is 6.73 Å². The molecule has 4 N–H and O–H groups in total. The van der Waals surface area contributed by atoms with Crippen LogP contribution in [0.1, 0.15) is 36.5 Å². The molecule has 0 aliphatic heterocycles. The van der Waals surface area contributed by atoms with Gasteiger partial charge >= 0.3 is 11.9 Å². The minimum absolute atomic E-state index is 0.0609. The van der Waals surface area contributed by atoms with E-state index in [1.165, 1.54) is 0 Å². The molecule has 0 bridgehead atoms. The Morgan fingerprint density at radius 2 is 1.96 bits per heavy atom. The molecule has 0 saturated heterocycles. The smallest absolute Gasteiger partial charge is 0.339 e. The molecule has 0 amide bonds. The van der Waals surface area contributed by atoms with Gasteiger partial charge in [0.05, 0.1) is 5.56 Å². The van der Waals surface area contributed by atoms with Gasteiger partial charge in [0, 0.05) is 6.54 Å². The minimum Gasteiger partial charge on any atom is -0.480 e. The van der Waals surface area contributed by atoms with Gasteiger partial charge in [-0.3, -0.25) is 4.79 Å². The summed E-state index contributed by atoms with van der Waals surface area (Å²) in [6.45, 7) is 1.97. The summed E-state index contributed by atoms with van der Waals surface area (Å²) < 4.78 is 5.21. The minimum atomic E-state index is -1.03. The molecule has 0 fully saturated rings. The number of carboxylic acid groups (broad SMARTS) is 1. The van der Waals surface area contributed by atoms with Gasteiger partial charge in [0.1, 0.15) is 11.9 Å². The van der Waals surface area contributed by atoms with Crippen LogP contribution in [0, 0.1) is 0 Å². The normalized spacial score (nSPS) is 12.5. The van der Waals surface area contributed by atoms with Crippen molar-refractivity contribution in [1.82, 2.24) is 4.90 Å². The molecule has 0 heterocycles. The molecule has 0 aliphatic carbocycles. The lowest BCUT2D eigenvalue weighted by Crippen LogP contribution is -2.34. The van der Waals surface area contributed by atoms with Crippen molar-refractivity contribution in [3.8, 4) is 0 Å². The Kier molecular flexibility index (Phi) is 8.28. The molecule has 1 rings (SSSR count). The van der Waals surface area contributed by atoms with Crippen LogP contribution in [-0.4, -0.2) is 52.3 Å². The van der Waals surface area contributed by atoms with Crippen LogP contribution < -0.4 is 5.73 Å². The number of esters is 1. The fraction of sp³-hybridized carbons (Fsp3) is 0.438. The van der Waals surface area contributed by atoms with Crippen LogP contribution in [0.15, 0.2) is 35.5 Å². The van der Waals surface area contributed by atoms with Crippen molar-refractivity contribution in [1.29, 1.82) is 0 Å². The summed E-state index contributed by atoms with van der Waals surface area (Å²) in [6, 6.07) is 7.68. The summed E-state index contributed by atoms with van der Waals surface area (Å²) in [4.78, 5) is 24.2. The van der Waals surface area contributed by atoms with Gasteiger partial charge in [-0.25, -0.2) is 4.79 Å². The summed E-state index contributed by atoms with van der Waals surface area (Å²) >= 11 is 0. The Morgan fingerprint density at radius 1 is 1.29 bits per heavy atom. The number of nitrogens with two attached hydrogens (primary N) is 1. The number of hydrogen-bond acceptors (Lipinski definition) is 6. The second-order valence-electron chi connectivity index (χ2n) is 5.28. The number of carbonyl (C=O) groups is 2. The topological polar surface area (TPSA) is 125 Å². The van der Waals surface area contributed by atoms with E-state index in [0.717, 1.165) is 0 Å². The number of carbonyl (C=O) groups excluding carboxylic acids is 1. The van der Waals surface area contributed by atoms with Crippen molar-refractivity contribution >= 4 is 17.8 Å². The second-order valence-corrected chi connectivity index (χ2v) is 5.28. The van der Waals surface area contributed by atoms with E-state index in [0.29, 0.717) is 37.2 Å². The van der Waals surface area contributed by atoms with E-state index in [2.05, 4.69) is 5.16 Å². The molecule has 8 nitrogen and oxygen atoms in total. The second kappa shape index (κ2) is 10.2. The first-order valence-electron chi connectivity index (χ1n) is 7.60.